The van der Waals surface area contributed by atoms with Gasteiger partial charge >= 0.3 is 0 Å². The van der Waals surface area contributed by atoms with E-state index in [0.29, 0.717) is 5.75 Å². The smallest absolute Gasteiger partial charge is 0.149 e. The van der Waals surface area contributed by atoms with Gasteiger partial charge in [0.1, 0.15) is 12.4 Å². The van der Waals surface area contributed by atoms with Gasteiger partial charge in [-0.2, -0.15) is 0 Å². The summed E-state index contributed by atoms with van der Waals surface area (Å²) < 4.78 is 6.79. The average Bonchev–Trinajstić information content (AvgIpc) is 2.17. The molecule has 0 saturated heterocycles. The van der Waals surface area contributed by atoms with Crippen LogP contribution < -0.4 is 4.74 Å². The van der Waals surface area contributed by atoms with E-state index in [4.69, 9.17) is 16.4 Å². The average molecular weight is 333 g/mol. The Morgan fingerprint density at radius 3 is 2.53 bits per heavy atom. The molecule has 3 nitrogen and oxygen atoms in total. The summed E-state index contributed by atoms with van der Waals surface area (Å²) in [5, 5.41) is 11.3. The predicted molar refractivity (Wildman–Crippen MR) is 65.6 cm³/mol. The Morgan fingerprint density at radius 1 is 1.47 bits per heavy atom. The van der Waals surface area contributed by atoms with E-state index in [1.807, 2.05) is 0 Å². The molecule has 0 bridgehead atoms. The Balaban J connectivity index is 3.05. The molecule has 0 unspecified atom stereocenters. The van der Waals surface area contributed by atoms with Crippen LogP contribution in [0, 0.1) is 12.3 Å². The van der Waals surface area contributed by atoms with Crippen LogP contribution in [0.1, 0.15) is 5.56 Å². The maximum atomic E-state index is 8.39. The van der Waals surface area contributed by atoms with Crippen LogP contribution in [0.2, 0.25) is 0 Å². The third-order valence-corrected chi connectivity index (χ3v) is 2.71. The zero-order valence-corrected chi connectivity index (χ0v) is 10.7. The number of oxime groups is 1. The van der Waals surface area contributed by atoms with Gasteiger partial charge in [-0.25, -0.2) is 0 Å². The molecule has 0 amide bonds. The first-order valence-corrected chi connectivity index (χ1v) is 5.50. The van der Waals surface area contributed by atoms with E-state index >= 15 is 0 Å². The van der Waals surface area contributed by atoms with E-state index in [-0.39, 0.29) is 6.61 Å². The first kappa shape index (κ1) is 12.1. The fourth-order valence-corrected chi connectivity index (χ4v) is 2.42. The summed E-state index contributed by atoms with van der Waals surface area (Å²) in [4.78, 5) is 0. The zero-order valence-electron chi connectivity index (χ0n) is 7.58. The molecule has 0 heterocycles. The van der Waals surface area contributed by atoms with Crippen molar-refractivity contribution in [2.24, 2.45) is 5.16 Å². The number of hydrogen-bond acceptors (Lipinski definition) is 3. The first-order valence-electron chi connectivity index (χ1n) is 3.91. The SMILES string of the molecule is C#CCOc1c(Br)cc(/C=N\O)cc1Br. The molecule has 1 aromatic carbocycles. The van der Waals surface area contributed by atoms with Crippen LogP contribution in [0.4, 0.5) is 0 Å². The molecule has 0 spiro atoms. The molecular weight excluding hydrogens is 326 g/mol. The number of benzene rings is 1. The van der Waals surface area contributed by atoms with Gasteiger partial charge in [-0.15, -0.1) is 6.42 Å². The zero-order chi connectivity index (χ0) is 11.3. The molecule has 1 rings (SSSR count). The standard InChI is InChI=1S/C10H7Br2NO2/c1-2-3-15-10-8(11)4-7(6-13-14)5-9(10)12/h1,4-6,14H,3H2/b13-6-. The summed E-state index contributed by atoms with van der Waals surface area (Å²) in [6.45, 7) is 0.199. The lowest BCUT2D eigenvalue weighted by atomic mass is 10.2. The largest absolute Gasteiger partial charge is 0.479 e. The van der Waals surface area contributed by atoms with Crippen molar-refractivity contribution in [3.63, 3.8) is 0 Å². The van der Waals surface area contributed by atoms with Crippen molar-refractivity contribution in [1.82, 2.24) is 0 Å². The highest BCUT2D eigenvalue weighted by Crippen LogP contribution is 2.34. The Kier molecular flexibility index (Phi) is 4.66. The molecule has 0 fully saturated rings. The fourth-order valence-electron chi connectivity index (χ4n) is 0.972. The molecule has 1 N–H and O–H groups in total. The van der Waals surface area contributed by atoms with Crippen LogP contribution in [-0.2, 0) is 0 Å². The Bertz CT molecular complexity index is 401. The van der Waals surface area contributed by atoms with Gasteiger partial charge in [0, 0.05) is 0 Å². The molecule has 0 atom stereocenters. The normalized spacial score (nSPS) is 10.2. The topological polar surface area (TPSA) is 41.8 Å². The molecule has 0 aromatic heterocycles. The van der Waals surface area contributed by atoms with Crippen LogP contribution in [0.5, 0.6) is 5.75 Å². The maximum Gasteiger partial charge on any atom is 0.149 e. The Morgan fingerprint density at radius 2 is 2.07 bits per heavy atom. The van der Waals surface area contributed by atoms with Crippen LogP contribution in [-0.4, -0.2) is 18.0 Å². The number of rotatable bonds is 3. The van der Waals surface area contributed by atoms with Gasteiger partial charge in [0.15, 0.2) is 0 Å². The Labute approximate surface area is 104 Å². The minimum Gasteiger partial charge on any atom is -0.479 e. The summed E-state index contributed by atoms with van der Waals surface area (Å²) >= 11 is 6.66. The van der Waals surface area contributed by atoms with Crippen molar-refractivity contribution >= 4 is 38.1 Å². The van der Waals surface area contributed by atoms with E-state index in [9.17, 15) is 0 Å². The van der Waals surface area contributed by atoms with E-state index < -0.39 is 0 Å². The van der Waals surface area contributed by atoms with Gasteiger partial charge < -0.3 is 9.94 Å². The number of hydrogen-bond donors (Lipinski definition) is 1. The van der Waals surface area contributed by atoms with Crippen molar-refractivity contribution < 1.29 is 9.94 Å². The van der Waals surface area contributed by atoms with E-state index in [1.54, 1.807) is 12.1 Å². The molecular formula is C10H7Br2NO2. The lowest BCUT2D eigenvalue weighted by Crippen LogP contribution is -1.96. The van der Waals surface area contributed by atoms with Crippen LogP contribution in [0.25, 0.3) is 0 Å². The molecule has 0 radical (unpaired) electrons. The van der Waals surface area contributed by atoms with Crippen LogP contribution in [0.15, 0.2) is 26.2 Å². The minimum atomic E-state index is 0.199. The number of nitrogens with zero attached hydrogens (tertiary/aromatic N) is 1. The minimum absolute atomic E-state index is 0.199. The molecule has 0 aliphatic carbocycles. The summed E-state index contributed by atoms with van der Waals surface area (Å²) in [5.74, 6) is 3.01. The van der Waals surface area contributed by atoms with Gasteiger partial charge in [-0.1, -0.05) is 11.1 Å². The highest BCUT2D eigenvalue weighted by Gasteiger charge is 2.07. The van der Waals surface area contributed by atoms with Gasteiger partial charge in [0.05, 0.1) is 15.2 Å². The first-order chi connectivity index (χ1) is 7.19. The molecule has 5 heteroatoms. The van der Waals surface area contributed by atoms with Crippen molar-refractivity contribution in [1.29, 1.82) is 0 Å². The molecule has 15 heavy (non-hydrogen) atoms. The molecule has 0 aliphatic heterocycles. The second-order valence-electron chi connectivity index (χ2n) is 2.55. The monoisotopic (exact) mass is 331 g/mol. The number of ether oxygens (including phenoxy) is 1. The van der Waals surface area contributed by atoms with Gasteiger partial charge in [0.25, 0.3) is 0 Å². The highest BCUT2D eigenvalue weighted by atomic mass is 79.9. The van der Waals surface area contributed by atoms with Crippen molar-refractivity contribution in [3.05, 3.63) is 26.6 Å². The summed E-state index contributed by atoms with van der Waals surface area (Å²) in [6.07, 6.45) is 6.41. The predicted octanol–water partition coefficient (Wildman–Crippen LogP) is 3.03. The second-order valence-corrected chi connectivity index (χ2v) is 4.26. The van der Waals surface area contributed by atoms with Crippen molar-refractivity contribution in [2.45, 2.75) is 0 Å². The quantitative estimate of drug-likeness (QED) is 0.400. The Hall–Kier alpha value is -0.990. The summed E-state index contributed by atoms with van der Waals surface area (Å²) in [7, 11) is 0. The summed E-state index contributed by atoms with van der Waals surface area (Å²) in [5.41, 5.74) is 0.740. The number of halogens is 2. The van der Waals surface area contributed by atoms with Gasteiger partial charge in [-0.05, 0) is 49.6 Å². The fraction of sp³-hybridized carbons (Fsp3) is 0.100. The lowest BCUT2D eigenvalue weighted by Gasteiger charge is -2.08. The number of terminal acetylenes is 1. The van der Waals surface area contributed by atoms with E-state index in [2.05, 4.69) is 42.9 Å². The third-order valence-electron chi connectivity index (χ3n) is 1.53. The lowest BCUT2D eigenvalue weighted by molar-refractivity contribution is 0.322. The summed E-state index contributed by atoms with van der Waals surface area (Å²) in [6, 6.07) is 3.52. The van der Waals surface area contributed by atoms with Crippen LogP contribution in [0.3, 0.4) is 0 Å². The van der Waals surface area contributed by atoms with Crippen molar-refractivity contribution in [3.8, 4) is 18.1 Å². The van der Waals surface area contributed by atoms with Crippen molar-refractivity contribution in [2.75, 3.05) is 6.61 Å². The molecule has 1 aromatic rings. The third kappa shape index (κ3) is 3.26. The van der Waals surface area contributed by atoms with E-state index in [0.717, 1.165) is 14.5 Å². The van der Waals surface area contributed by atoms with Gasteiger partial charge in [-0.3, -0.25) is 0 Å². The van der Waals surface area contributed by atoms with E-state index in [1.165, 1.54) is 6.21 Å². The molecule has 78 valence electrons. The molecule has 0 saturated carbocycles. The second kappa shape index (κ2) is 5.79. The highest BCUT2D eigenvalue weighted by molar-refractivity contribution is 9.11. The molecule has 0 aliphatic rings. The maximum absolute atomic E-state index is 8.39. The van der Waals surface area contributed by atoms with Gasteiger partial charge in [0.2, 0.25) is 0 Å². The van der Waals surface area contributed by atoms with Crippen LogP contribution >= 0.6 is 31.9 Å².